The van der Waals surface area contributed by atoms with E-state index in [1.165, 1.54) is 0 Å². The summed E-state index contributed by atoms with van der Waals surface area (Å²) in [7, 11) is -0.701. The fraction of sp³-hybridized carbons (Fsp3) is 0. The Labute approximate surface area is 48.4 Å². The van der Waals surface area contributed by atoms with Crippen molar-refractivity contribution in [1.29, 1.82) is 0 Å². The first kappa shape index (κ1) is 7.87. The SMILES string of the molecule is O=[P+]=CC(=O)C=[P+]=O. The van der Waals surface area contributed by atoms with Crippen LogP contribution in [0.4, 0.5) is 0 Å². The Bertz CT molecular complexity index is 165. The minimum absolute atomic E-state index is 0.350. The van der Waals surface area contributed by atoms with E-state index in [1.807, 2.05) is 0 Å². The van der Waals surface area contributed by atoms with Gasteiger partial charge in [-0.1, -0.05) is 0 Å². The van der Waals surface area contributed by atoms with E-state index in [2.05, 4.69) is 0 Å². The average Bonchev–Trinajstić information content (AvgIpc) is 1.68. The summed E-state index contributed by atoms with van der Waals surface area (Å²) in [5.74, 6) is 1.30. The van der Waals surface area contributed by atoms with Crippen molar-refractivity contribution in [3.8, 4) is 0 Å². The molecule has 0 aliphatic carbocycles. The molecule has 0 saturated heterocycles. The summed E-state index contributed by atoms with van der Waals surface area (Å²) in [6, 6.07) is 0. The van der Waals surface area contributed by atoms with Gasteiger partial charge in [0.25, 0.3) is 0 Å². The Morgan fingerprint density at radius 1 is 1.12 bits per heavy atom. The third kappa shape index (κ3) is 4.04. The van der Waals surface area contributed by atoms with Crippen molar-refractivity contribution in [1.82, 2.24) is 0 Å². The molecule has 40 valence electrons. The number of carbonyl (C=O) groups is 1. The zero-order valence-corrected chi connectivity index (χ0v) is 5.56. The van der Waals surface area contributed by atoms with Crippen molar-refractivity contribution in [2.45, 2.75) is 0 Å². The molecule has 0 aliphatic heterocycles. The maximum absolute atomic E-state index is 10.1. The summed E-state index contributed by atoms with van der Waals surface area (Å²) < 4.78 is 19.2. The molecule has 0 heterocycles. The number of Topliss-reactive ketones (excluding diaryl/α,β-unsaturated/α-hetero) is 1. The normalized spacial score (nSPS) is 7.00. The summed E-state index contributed by atoms with van der Waals surface area (Å²) in [5.41, 5.74) is 0. The minimum atomic E-state index is -0.488. The number of ketones is 1. The van der Waals surface area contributed by atoms with Crippen LogP contribution in [0, 0.1) is 0 Å². The first-order valence-electron chi connectivity index (χ1n) is 1.66. The van der Waals surface area contributed by atoms with Gasteiger partial charge in [0.2, 0.25) is 0 Å². The summed E-state index contributed by atoms with van der Waals surface area (Å²) in [6.45, 7) is 0. The van der Waals surface area contributed by atoms with Crippen molar-refractivity contribution >= 4 is 33.5 Å². The summed E-state index contributed by atoms with van der Waals surface area (Å²) in [4.78, 5) is 10.1. The van der Waals surface area contributed by atoms with Crippen LogP contribution in [-0.2, 0) is 13.9 Å². The van der Waals surface area contributed by atoms with Crippen molar-refractivity contribution in [2.24, 2.45) is 0 Å². The van der Waals surface area contributed by atoms with Crippen molar-refractivity contribution in [3.63, 3.8) is 0 Å². The monoisotopic (exact) mass is 148 g/mol. The second-order valence-electron chi connectivity index (χ2n) is 0.871. The average molecular weight is 148 g/mol. The fourth-order valence-corrected chi connectivity index (χ4v) is 0.612. The van der Waals surface area contributed by atoms with Crippen molar-refractivity contribution in [2.75, 3.05) is 0 Å². The molecule has 0 fully saturated rings. The zero-order chi connectivity index (χ0) is 6.41. The maximum atomic E-state index is 10.1. The summed E-state index contributed by atoms with van der Waals surface area (Å²) >= 11 is 0. The third-order valence-electron chi connectivity index (χ3n) is 0.360. The molecule has 0 saturated carbocycles. The molecular formula is C3H2O3P2+2. The van der Waals surface area contributed by atoms with E-state index < -0.39 is 5.78 Å². The van der Waals surface area contributed by atoms with E-state index in [4.69, 9.17) is 0 Å². The van der Waals surface area contributed by atoms with Crippen LogP contribution in [0.5, 0.6) is 0 Å². The topological polar surface area (TPSA) is 51.2 Å². The Morgan fingerprint density at radius 3 is 1.75 bits per heavy atom. The Balaban J connectivity index is 4.04. The van der Waals surface area contributed by atoms with Gasteiger partial charge in [-0.3, -0.25) is 0 Å². The molecule has 0 unspecified atom stereocenters. The predicted octanol–water partition coefficient (Wildman–Crippen LogP) is 0.743. The van der Waals surface area contributed by atoms with E-state index in [1.54, 1.807) is 0 Å². The Hall–Kier alpha value is -0.130. The molecule has 0 aromatic rings. The van der Waals surface area contributed by atoms with Gasteiger partial charge in [0.1, 0.15) is 0 Å². The molecule has 0 aliphatic rings. The van der Waals surface area contributed by atoms with Gasteiger partial charge in [-0.15, -0.1) is 0 Å². The summed E-state index contributed by atoms with van der Waals surface area (Å²) in [6.07, 6.45) is 0. The van der Waals surface area contributed by atoms with Gasteiger partial charge in [-0.25, -0.2) is 0 Å². The second-order valence-corrected chi connectivity index (χ2v) is 1.81. The molecule has 0 rings (SSSR count). The molecule has 8 heavy (non-hydrogen) atoms. The summed E-state index contributed by atoms with van der Waals surface area (Å²) in [5, 5.41) is 0. The molecular weight excluding hydrogens is 146 g/mol. The molecule has 0 spiro atoms. The van der Waals surface area contributed by atoms with Crippen LogP contribution in [0.2, 0.25) is 0 Å². The van der Waals surface area contributed by atoms with E-state index in [-0.39, 0.29) is 16.2 Å². The van der Waals surface area contributed by atoms with Crippen LogP contribution in [0.25, 0.3) is 0 Å². The van der Waals surface area contributed by atoms with E-state index >= 15 is 0 Å². The van der Waals surface area contributed by atoms with Crippen molar-refractivity contribution in [3.05, 3.63) is 0 Å². The number of hydrogen-bond donors (Lipinski definition) is 0. The van der Waals surface area contributed by atoms with Gasteiger partial charge in [0.05, 0.1) is 0 Å². The first-order valence-corrected chi connectivity index (χ1v) is 3.43. The van der Waals surface area contributed by atoms with Gasteiger partial charge >= 0.3 is 47.5 Å². The van der Waals surface area contributed by atoms with E-state index in [0.717, 1.165) is 11.6 Å². The van der Waals surface area contributed by atoms with Crippen LogP contribution >= 0.6 is 16.2 Å². The van der Waals surface area contributed by atoms with Gasteiger partial charge in [0.15, 0.2) is 0 Å². The van der Waals surface area contributed by atoms with Crippen LogP contribution in [0.15, 0.2) is 0 Å². The standard InChI is InChI=1S/C3H2O3P2/c4-3(1-7-5)2-8-6/h1-2H/q+2. The molecule has 0 aromatic carbocycles. The number of rotatable bonds is 2. The fourth-order valence-electron chi connectivity index (χ4n) is 0.137. The van der Waals surface area contributed by atoms with Crippen LogP contribution in [0.3, 0.4) is 0 Å². The van der Waals surface area contributed by atoms with Crippen molar-refractivity contribution < 1.29 is 13.9 Å². The Morgan fingerprint density at radius 2 is 1.50 bits per heavy atom. The molecule has 0 aromatic heterocycles. The molecule has 0 bridgehead atoms. The van der Waals surface area contributed by atoms with Crippen LogP contribution < -0.4 is 0 Å². The van der Waals surface area contributed by atoms with Gasteiger partial charge < -0.3 is 0 Å². The van der Waals surface area contributed by atoms with Crippen LogP contribution in [0.1, 0.15) is 0 Å². The van der Waals surface area contributed by atoms with Gasteiger partial charge in [0, 0.05) is 0 Å². The van der Waals surface area contributed by atoms with Crippen LogP contribution in [-0.4, -0.2) is 17.4 Å². The molecule has 0 radical (unpaired) electrons. The van der Waals surface area contributed by atoms with Gasteiger partial charge in [-0.2, -0.15) is 0 Å². The van der Waals surface area contributed by atoms with Gasteiger partial charge in [-0.05, 0) is 0 Å². The van der Waals surface area contributed by atoms with E-state index in [9.17, 15) is 13.9 Å². The second kappa shape index (κ2) is 5.02. The Kier molecular flexibility index (Phi) is 4.93. The molecule has 0 amide bonds. The quantitative estimate of drug-likeness (QED) is 0.542. The van der Waals surface area contributed by atoms with E-state index in [0.29, 0.717) is 0 Å². The number of carbonyl (C=O) groups excluding carboxylic acids is 1. The zero-order valence-electron chi connectivity index (χ0n) is 3.77. The predicted molar refractivity (Wildman–Crippen MR) is 32.3 cm³/mol. The molecule has 5 heteroatoms. The first-order chi connectivity index (χ1) is 3.81. The number of hydrogen-bond acceptors (Lipinski definition) is 3. The molecule has 3 nitrogen and oxygen atoms in total. The molecule has 0 atom stereocenters. The third-order valence-corrected chi connectivity index (χ3v) is 1.08. The molecule has 0 N–H and O–H groups in total.